The molecule has 0 spiro atoms. The Morgan fingerprint density at radius 1 is 1.44 bits per heavy atom. The van der Waals surface area contributed by atoms with Gasteiger partial charge in [0, 0.05) is 14.2 Å². The molecule has 0 unspecified atom stereocenters. The zero-order valence-electron chi connectivity index (χ0n) is 4.87. The molecule has 0 aromatic rings. The van der Waals surface area contributed by atoms with E-state index in [9.17, 15) is 4.57 Å². The van der Waals surface area contributed by atoms with E-state index in [1.165, 1.54) is 14.2 Å². The van der Waals surface area contributed by atoms with Crippen molar-refractivity contribution in [3.63, 3.8) is 0 Å². The summed E-state index contributed by atoms with van der Waals surface area (Å²) in [5, 5.41) is 0. The molecule has 0 fully saturated rings. The first-order valence-corrected chi connectivity index (χ1v) is 4.90. The Hall–Kier alpha value is 0.750. The van der Waals surface area contributed by atoms with Gasteiger partial charge in [0.2, 0.25) is 0 Å². The van der Waals surface area contributed by atoms with E-state index in [1.54, 1.807) is 0 Å². The third-order valence-corrected chi connectivity index (χ3v) is 2.92. The van der Waals surface area contributed by atoms with Gasteiger partial charge in [0.25, 0.3) is 0 Å². The number of phosphoric acid groups is 1. The van der Waals surface area contributed by atoms with Crippen LogP contribution in [-0.4, -0.2) is 14.2 Å². The summed E-state index contributed by atoms with van der Waals surface area (Å²) in [6, 6.07) is 0. The van der Waals surface area contributed by atoms with Gasteiger partial charge in [0.1, 0.15) is 11.3 Å². The van der Waals surface area contributed by atoms with Gasteiger partial charge in [-0.05, 0) is 10.7 Å². The normalized spacial score (nSPS) is 11.9. The predicted molar refractivity (Wildman–Crippen MR) is 36.2 cm³/mol. The average Bonchev–Trinajstić information content (AvgIpc) is 1.89. The minimum Gasteiger partial charge on any atom is -0.290 e. The SMILES string of the molecule is COP(=O)(OC)OSCl. The lowest BCUT2D eigenvalue weighted by Gasteiger charge is -2.08. The number of rotatable bonds is 4. The molecule has 0 heterocycles. The van der Waals surface area contributed by atoms with Crippen molar-refractivity contribution < 1.29 is 17.6 Å². The van der Waals surface area contributed by atoms with Crippen LogP contribution < -0.4 is 0 Å². The minimum atomic E-state index is -3.35. The van der Waals surface area contributed by atoms with Gasteiger partial charge in [-0.1, -0.05) is 0 Å². The van der Waals surface area contributed by atoms with E-state index in [0.29, 0.717) is 11.3 Å². The van der Waals surface area contributed by atoms with Gasteiger partial charge < -0.3 is 0 Å². The second-order valence-electron chi connectivity index (χ2n) is 0.950. The van der Waals surface area contributed by atoms with Gasteiger partial charge in [-0.2, -0.15) is 3.97 Å². The summed E-state index contributed by atoms with van der Waals surface area (Å²) in [5.41, 5.74) is 0. The first kappa shape index (κ1) is 9.75. The monoisotopic (exact) mass is 192 g/mol. The van der Waals surface area contributed by atoms with Crippen molar-refractivity contribution in [2.75, 3.05) is 14.2 Å². The Labute approximate surface area is 62.1 Å². The van der Waals surface area contributed by atoms with E-state index in [1.807, 2.05) is 0 Å². The summed E-state index contributed by atoms with van der Waals surface area (Å²) in [7, 11) is 4.07. The van der Waals surface area contributed by atoms with Crippen molar-refractivity contribution in [1.82, 2.24) is 0 Å². The van der Waals surface area contributed by atoms with Crippen molar-refractivity contribution in [3.8, 4) is 0 Å². The Balaban J connectivity index is 3.78. The van der Waals surface area contributed by atoms with Gasteiger partial charge in [-0.3, -0.25) is 9.05 Å². The highest BCUT2D eigenvalue weighted by molar-refractivity contribution is 8.19. The molecule has 0 saturated heterocycles. The van der Waals surface area contributed by atoms with E-state index in [2.05, 4.69) is 13.0 Å². The summed E-state index contributed by atoms with van der Waals surface area (Å²) in [6.45, 7) is 0. The maximum Gasteiger partial charge on any atom is 0.486 e. The molecule has 4 nitrogen and oxygen atoms in total. The predicted octanol–water partition coefficient (Wildman–Crippen LogP) is 2.21. The Morgan fingerprint density at radius 3 is 2.00 bits per heavy atom. The Bertz CT molecular complexity index is 111. The van der Waals surface area contributed by atoms with Crippen molar-refractivity contribution in [2.45, 2.75) is 0 Å². The summed E-state index contributed by atoms with van der Waals surface area (Å²) >= 11 is 0.417. The fourth-order valence-corrected chi connectivity index (χ4v) is 1.70. The van der Waals surface area contributed by atoms with E-state index >= 15 is 0 Å². The summed E-state index contributed by atoms with van der Waals surface area (Å²) in [6.07, 6.45) is 0. The van der Waals surface area contributed by atoms with Crippen LogP contribution in [0.1, 0.15) is 0 Å². The highest BCUT2D eigenvalue weighted by Gasteiger charge is 2.22. The molecular formula is C2H6ClO4PS. The largest absolute Gasteiger partial charge is 0.486 e. The quantitative estimate of drug-likeness (QED) is 0.505. The van der Waals surface area contributed by atoms with E-state index in [4.69, 9.17) is 10.7 Å². The first-order valence-electron chi connectivity index (χ1n) is 1.87. The smallest absolute Gasteiger partial charge is 0.290 e. The van der Waals surface area contributed by atoms with Crippen molar-refractivity contribution in [1.29, 1.82) is 0 Å². The molecule has 0 amide bonds. The highest BCUT2D eigenvalue weighted by atomic mass is 35.7. The van der Waals surface area contributed by atoms with E-state index < -0.39 is 7.82 Å². The molecule has 9 heavy (non-hydrogen) atoms. The summed E-state index contributed by atoms with van der Waals surface area (Å²) < 4.78 is 23.8. The van der Waals surface area contributed by atoms with Crippen LogP contribution in [0.3, 0.4) is 0 Å². The zero-order chi connectivity index (χ0) is 7.33. The molecule has 0 radical (unpaired) electrons. The van der Waals surface area contributed by atoms with Crippen LogP contribution in [0.5, 0.6) is 0 Å². The second-order valence-corrected chi connectivity index (χ2v) is 3.67. The van der Waals surface area contributed by atoms with Gasteiger partial charge in [-0.25, -0.2) is 4.57 Å². The maximum absolute atomic E-state index is 10.8. The van der Waals surface area contributed by atoms with Crippen LogP contribution in [0.2, 0.25) is 0 Å². The van der Waals surface area contributed by atoms with Crippen LogP contribution in [0.4, 0.5) is 0 Å². The summed E-state index contributed by atoms with van der Waals surface area (Å²) in [4.78, 5) is 0. The van der Waals surface area contributed by atoms with Crippen LogP contribution in [-0.2, 0) is 17.6 Å². The van der Waals surface area contributed by atoms with Crippen molar-refractivity contribution in [2.24, 2.45) is 0 Å². The van der Waals surface area contributed by atoms with Crippen molar-refractivity contribution in [3.05, 3.63) is 0 Å². The third kappa shape index (κ3) is 3.45. The van der Waals surface area contributed by atoms with E-state index in [-0.39, 0.29) is 0 Å². The van der Waals surface area contributed by atoms with Gasteiger partial charge >= 0.3 is 7.82 Å². The van der Waals surface area contributed by atoms with Gasteiger partial charge in [0.05, 0.1) is 0 Å². The topological polar surface area (TPSA) is 44.8 Å². The molecule has 56 valence electrons. The molecule has 0 aliphatic heterocycles. The molecular weight excluding hydrogens is 187 g/mol. The van der Waals surface area contributed by atoms with Gasteiger partial charge in [0.15, 0.2) is 0 Å². The highest BCUT2D eigenvalue weighted by Crippen LogP contribution is 2.51. The average molecular weight is 193 g/mol. The molecule has 0 rings (SSSR count). The van der Waals surface area contributed by atoms with Crippen LogP contribution >= 0.6 is 29.8 Å². The Kier molecular flexibility index (Phi) is 4.93. The standard InChI is InChI=1S/C2H6ClO4PS/c1-5-8(4,6-2)7-9-3/h1-2H3. The molecule has 0 aromatic carbocycles. The number of hydrogen-bond donors (Lipinski definition) is 0. The molecule has 7 heteroatoms. The Morgan fingerprint density at radius 2 is 1.89 bits per heavy atom. The molecule has 0 aliphatic carbocycles. The minimum absolute atomic E-state index is 0.417. The maximum atomic E-state index is 10.8. The van der Waals surface area contributed by atoms with Gasteiger partial charge in [-0.15, -0.1) is 0 Å². The molecule has 0 N–H and O–H groups in total. The van der Waals surface area contributed by atoms with Crippen LogP contribution in [0.25, 0.3) is 0 Å². The fraction of sp³-hybridized carbons (Fsp3) is 1.00. The molecule has 0 bridgehead atoms. The van der Waals surface area contributed by atoms with E-state index in [0.717, 1.165) is 0 Å². The molecule has 0 aromatic heterocycles. The van der Waals surface area contributed by atoms with Crippen molar-refractivity contribution >= 4 is 29.8 Å². The fourth-order valence-electron chi connectivity index (χ4n) is 0.170. The second kappa shape index (κ2) is 4.55. The third-order valence-electron chi connectivity index (χ3n) is 0.567. The zero-order valence-corrected chi connectivity index (χ0v) is 7.33. The number of phosphoric ester groups is 1. The number of hydrogen-bond acceptors (Lipinski definition) is 5. The number of halogens is 1. The molecule has 0 saturated carbocycles. The summed E-state index contributed by atoms with van der Waals surface area (Å²) in [5.74, 6) is 0. The van der Waals surface area contributed by atoms with Crippen LogP contribution in [0.15, 0.2) is 0 Å². The lowest BCUT2D eigenvalue weighted by atomic mass is 11.8. The molecule has 0 atom stereocenters. The lowest BCUT2D eigenvalue weighted by Crippen LogP contribution is -1.86. The van der Waals surface area contributed by atoms with Crippen LogP contribution in [0, 0.1) is 0 Å². The first-order chi connectivity index (χ1) is 4.18. The lowest BCUT2D eigenvalue weighted by molar-refractivity contribution is 0.221. The molecule has 0 aliphatic rings.